The number of ether oxygens (including phenoxy) is 4. The molecule has 0 unspecified atom stereocenters. The molecule has 0 aliphatic carbocycles. The van der Waals surface area contributed by atoms with E-state index in [1.807, 2.05) is 104 Å². The summed E-state index contributed by atoms with van der Waals surface area (Å²) in [6.07, 6.45) is 0.890. The minimum Gasteiger partial charge on any atom is -0.489 e. The molecule has 362 valence electrons. The van der Waals surface area contributed by atoms with E-state index in [-0.39, 0.29) is 32.7 Å². The van der Waals surface area contributed by atoms with Crippen LogP contribution in [0.25, 0.3) is 11.1 Å². The van der Waals surface area contributed by atoms with Crippen LogP contribution in [0.2, 0.25) is 0 Å². The smallest absolute Gasteiger partial charge is 0.329 e. The molecule has 6 aromatic rings. The van der Waals surface area contributed by atoms with Gasteiger partial charge in [-0.3, -0.25) is 4.79 Å². The van der Waals surface area contributed by atoms with Gasteiger partial charge in [-0.2, -0.15) is 8.78 Å². The second kappa shape index (κ2) is 25.3. The Labute approximate surface area is 397 Å². The average Bonchev–Trinajstić information content (AvgIpc) is 3.38. The summed E-state index contributed by atoms with van der Waals surface area (Å²) in [6, 6.07) is 35.2. The van der Waals surface area contributed by atoms with Crippen LogP contribution in [0.4, 0.5) is 22.0 Å². The van der Waals surface area contributed by atoms with Crippen molar-refractivity contribution >= 4 is 17.8 Å². The number of nitrogens with one attached hydrogen (secondary N) is 4. The number of rotatable bonds is 24. The minimum atomic E-state index is -2.40. The molecule has 0 aliphatic rings. The van der Waals surface area contributed by atoms with E-state index in [4.69, 9.17) is 18.9 Å². The monoisotopic (exact) mass is 952 g/mol. The van der Waals surface area contributed by atoms with E-state index >= 15 is 0 Å². The van der Waals surface area contributed by atoms with Crippen LogP contribution in [-0.4, -0.2) is 63.7 Å². The van der Waals surface area contributed by atoms with Crippen molar-refractivity contribution in [2.45, 2.75) is 63.6 Å². The Morgan fingerprint density at radius 1 is 0.522 bits per heavy atom. The fourth-order valence-corrected chi connectivity index (χ4v) is 7.36. The normalized spacial score (nSPS) is 12.4. The quantitative estimate of drug-likeness (QED) is 0.0117. The fraction of sp³-hybridized carbons (Fsp3) is 0.264. The van der Waals surface area contributed by atoms with Crippen LogP contribution < -0.4 is 35.5 Å². The predicted molar refractivity (Wildman–Crippen MR) is 250 cm³/mol. The highest BCUT2D eigenvalue weighted by molar-refractivity contribution is 5.88. The predicted octanol–water partition coefficient (Wildman–Crippen LogP) is 8.30. The molecule has 0 aliphatic heterocycles. The molecule has 6 aromatic carbocycles. The molecule has 0 heterocycles. The summed E-state index contributed by atoms with van der Waals surface area (Å²) in [5.74, 6) is -14.9. The Balaban J connectivity index is 1.37. The maximum atomic E-state index is 14.6. The highest BCUT2D eigenvalue weighted by Crippen LogP contribution is 2.34. The fourth-order valence-electron chi connectivity index (χ4n) is 7.36. The van der Waals surface area contributed by atoms with Gasteiger partial charge in [0.1, 0.15) is 43.4 Å². The Kier molecular flexibility index (Phi) is 18.8. The van der Waals surface area contributed by atoms with Crippen LogP contribution in [0, 0.1) is 29.1 Å². The van der Waals surface area contributed by atoms with Gasteiger partial charge >= 0.3 is 11.9 Å². The van der Waals surface area contributed by atoms with Gasteiger partial charge in [0.05, 0.1) is 6.04 Å². The molecule has 1 amide bonds. The zero-order chi connectivity index (χ0) is 49.3. The summed E-state index contributed by atoms with van der Waals surface area (Å²) in [5.41, 5.74) is 4.59. The summed E-state index contributed by atoms with van der Waals surface area (Å²) in [6.45, 7) is 0.940. The van der Waals surface area contributed by atoms with Crippen molar-refractivity contribution in [2.24, 2.45) is 0 Å². The highest BCUT2D eigenvalue weighted by atomic mass is 19.2. The lowest BCUT2D eigenvalue weighted by Crippen LogP contribution is -2.50. The number of esters is 2. The molecule has 0 spiro atoms. The van der Waals surface area contributed by atoms with Crippen LogP contribution in [0.1, 0.15) is 40.7 Å². The van der Waals surface area contributed by atoms with Crippen molar-refractivity contribution < 1.29 is 55.3 Å². The Bertz CT molecular complexity index is 2630. The van der Waals surface area contributed by atoms with Crippen molar-refractivity contribution in [1.82, 2.24) is 21.3 Å². The molecule has 0 saturated heterocycles. The van der Waals surface area contributed by atoms with Crippen molar-refractivity contribution in [3.8, 4) is 28.4 Å². The maximum Gasteiger partial charge on any atom is 0.329 e. The molecular weight excluding hydrogens is 900 g/mol. The van der Waals surface area contributed by atoms with E-state index < -0.39 is 70.8 Å². The van der Waals surface area contributed by atoms with E-state index in [0.717, 1.165) is 16.7 Å². The molecule has 0 aromatic heterocycles. The summed E-state index contributed by atoms with van der Waals surface area (Å²) in [7, 11) is 4.86. The van der Waals surface area contributed by atoms with Gasteiger partial charge < -0.3 is 40.2 Å². The van der Waals surface area contributed by atoms with Crippen LogP contribution >= 0.6 is 0 Å². The number of halogens is 5. The van der Waals surface area contributed by atoms with Gasteiger partial charge in [-0.15, -0.1) is 0 Å². The van der Waals surface area contributed by atoms with Crippen LogP contribution in [0.3, 0.4) is 0 Å². The number of amides is 1. The Morgan fingerprint density at radius 2 is 0.971 bits per heavy atom. The lowest BCUT2D eigenvalue weighted by atomic mass is 9.95. The number of benzene rings is 6. The topological polar surface area (TPSA) is 136 Å². The standard InChI is InChI=1S/C53H53F5N4O7/c1-59-25-13-20-40(60-2)51(63)62-42(52(64)68-32-35-18-11-6-12-19-35)29-39-27-37(22-24-44(39)67-31-34-16-9-5-10-17-34)36-21-23-43(66-30-33-14-7-4-8-15-33)38(26-36)28-41(61-3)53(65)69-50-48(57)46(55)45(54)47(56)49(50)58/h4-12,14-19,21-24,26-27,40-42,59-61H,13,20,25,28-32H2,1-3H3,(H,62,63)/t40-,41-,42-/m0/s1. The number of carbonyl (C=O) groups excluding carboxylic acids is 3. The van der Waals surface area contributed by atoms with Gasteiger partial charge in [-0.05, 0) is 104 Å². The van der Waals surface area contributed by atoms with E-state index in [1.54, 1.807) is 37.4 Å². The number of hydrogen-bond acceptors (Lipinski definition) is 10. The second-order valence-corrected chi connectivity index (χ2v) is 16.0. The zero-order valence-corrected chi connectivity index (χ0v) is 38.3. The highest BCUT2D eigenvalue weighted by Gasteiger charge is 2.32. The van der Waals surface area contributed by atoms with E-state index in [0.29, 0.717) is 53.1 Å². The summed E-state index contributed by atoms with van der Waals surface area (Å²) >= 11 is 0. The second-order valence-electron chi connectivity index (χ2n) is 16.0. The summed E-state index contributed by atoms with van der Waals surface area (Å²) in [4.78, 5) is 41.3. The van der Waals surface area contributed by atoms with Gasteiger partial charge in [0.25, 0.3) is 0 Å². The first-order chi connectivity index (χ1) is 33.4. The molecule has 4 N–H and O–H groups in total. The molecule has 0 radical (unpaired) electrons. The number of likely N-dealkylation sites (N-methyl/N-ethyl adjacent to an activating group) is 2. The first kappa shape index (κ1) is 51.3. The molecule has 69 heavy (non-hydrogen) atoms. The first-order valence-electron chi connectivity index (χ1n) is 22.2. The Morgan fingerprint density at radius 3 is 1.43 bits per heavy atom. The van der Waals surface area contributed by atoms with Crippen molar-refractivity contribution in [2.75, 3.05) is 27.7 Å². The van der Waals surface area contributed by atoms with Gasteiger partial charge in [0.15, 0.2) is 0 Å². The van der Waals surface area contributed by atoms with Gasteiger partial charge in [-0.25, -0.2) is 22.8 Å². The molecular formula is C53H53F5N4O7. The molecule has 3 atom stereocenters. The number of carbonyl (C=O) groups is 3. The van der Waals surface area contributed by atoms with E-state index in [2.05, 4.69) is 21.3 Å². The largest absolute Gasteiger partial charge is 0.489 e. The summed E-state index contributed by atoms with van der Waals surface area (Å²) in [5, 5.41) is 11.8. The average molecular weight is 953 g/mol. The first-order valence-corrected chi connectivity index (χ1v) is 22.2. The molecule has 11 nitrogen and oxygen atoms in total. The van der Waals surface area contributed by atoms with Crippen molar-refractivity contribution in [1.29, 1.82) is 0 Å². The summed E-state index contributed by atoms with van der Waals surface area (Å²) < 4.78 is 94.4. The van der Waals surface area contributed by atoms with Crippen molar-refractivity contribution in [3.05, 3.63) is 184 Å². The van der Waals surface area contributed by atoms with Crippen LogP contribution in [0.15, 0.2) is 127 Å². The lowest BCUT2D eigenvalue weighted by molar-refractivity contribution is -0.149. The van der Waals surface area contributed by atoms with E-state index in [1.165, 1.54) is 7.05 Å². The minimum absolute atomic E-state index is 0.0365. The maximum absolute atomic E-state index is 14.6. The van der Waals surface area contributed by atoms with Crippen molar-refractivity contribution in [3.63, 3.8) is 0 Å². The third-order valence-electron chi connectivity index (χ3n) is 11.2. The van der Waals surface area contributed by atoms with Crippen LogP contribution in [-0.2, 0) is 51.8 Å². The van der Waals surface area contributed by atoms with Crippen LogP contribution in [0.5, 0.6) is 17.2 Å². The van der Waals surface area contributed by atoms with Gasteiger partial charge in [0, 0.05) is 12.8 Å². The molecule has 0 fully saturated rings. The molecule has 0 bridgehead atoms. The molecule has 6 rings (SSSR count). The number of hydrogen-bond donors (Lipinski definition) is 4. The van der Waals surface area contributed by atoms with E-state index in [9.17, 15) is 36.3 Å². The molecule has 0 saturated carbocycles. The molecule has 16 heteroatoms. The lowest BCUT2D eigenvalue weighted by Gasteiger charge is -2.23. The zero-order valence-electron chi connectivity index (χ0n) is 38.3. The van der Waals surface area contributed by atoms with Gasteiger partial charge in [0.2, 0.25) is 40.7 Å². The third-order valence-corrected chi connectivity index (χ3v) is 11.2. The third kappa shape index (κ3) is 14.0. The SMILES string of the molecule is CNCCC[C@H](NC)C(=O)N[C@@H](Cc1cc(-c2ccc(OCc3ccccc3)c(C[C@H](NC)C(=O)Oc3c(F)c(F)c(F)c(F)c3F)c2)ccc1OCc1ccccc1)C(=O)OCc1ccccc1. The van der Waals surface area contributed by atoms with Gasteiger partial charge in [-0.1, -0.05) is 103 Å². The Hall–Kier alpha value is -7.14.